The molecule has 0 radical (unpaired) electrons. The minimum Gasteiger partial charge on any atom is -0.349 e. The molecule has 1 aromatic carbocycles. The van der Waals surface area contributed by atoms with E-state index in [-0.39, 0.29) is 17.6 Å². The molecule has 2 aliphatic carbocycles. The number of amides is 1. The first-order chi connectivity index (χ1) is 18.0. The minimum absolute atomic E-state index is 0.0264. The summed E-state index contributed by atoms with van der Waals surface area (Å²) in [4.78, 5) is 35.3. The van der Waals surface area contributed by atoms with Gasteiger partial charge in [-0.1, -0.05) is 23.7 Å². The number of nitrogens with one attached hydrogen (secondary N) is 1. The summed E-state index contributed by atoms with van der Waals surface area (Å²) in [7, 11) is 0. The molecule has 3 heterocycles. The number of imidazole rings is 1. The summed E-state index contributed by atoms with van der Waals surface area (Å²) in [6.07, 6.45) is 9.44. The zero-order chi connectivity index (χ0) is 25.5. The third-order valence-corrected chi connectivity index (χ3v) is 7.99. The van der Waals surface area contributed by atoms with E-state index in [4.69, 9.17) is 11.6 Å². The molecule has 4 aromatic rings. The molecule has 0 saturated heterocycles. The Hall–Kier alpha value is -3.45. The standard InChI is InChI=1S/C29H30ClN5O2/c1-18-24(14-21(30)15-31-18)28(36)33-22-10-6-19(7-11-22)17-34-26-4-2-3-5-27(26)35(29(34)37)23-12-13-25(32-16-23)20-8-9-20/h2-5,12-16,19-20,22H,6-11,17H2,1H3,(H,33,36). The van der Waals surface area contributed by atoms with Crippen molar-refractivity contribution in [3.63, 3.8) is 0 Å². The van der Waals surface area contributed by atoms with Crippen molar-refractivity contribution in [2.24, 2.45) is 5.92 Å². The van der Waals surface area contributed by atoms with Gasteiger partial charge in [-0.3, -0.25) is 23.9 Å². The molecule has 3 aromatic heterocycles. The largest absolute Gasteiger partial charge is 0.349 e. The van der Waals surface area contributed by atoms with E-state index in [1.54, 1.807) is 16.8 Å². The number of benzene rings is 1. The summed E-state index contributed by atoms with van der Waals surface area (Å²) in [6, 6.07) is 13.8. The van der Waals surface area contributed by atoms with Crippen LogP contribution in [0.1, 0.15) is 66.2 Å². The number of halogens is 1. The van der Waals surface area contributed by atoms with Crippen molar-refractivity contribution >= 4 is 28.5 Å². The van der Waals surface area contributed by atoms with E-state index in [0.29, 0.717) is 34.7 Å². The van der Waals surface area contributed by atoms with Crippen molar-refractivity contribution in [3.05, 3.63) is 87.3 Å². The van der Waals surface area contributed by atoms with Crippen LogP contribution < -0.4 is 11.0 Å². The first-order valence-corrected chi connectivity index (χ1v) is 13.5. The van der Waals surface area contributed by atoms with Crippen molar-refractivity contribution in [3.8, 4) is 5.69 Å². The van der Waals surface area contributed by atoms with Gasteiger partial charge in [0.15, 0.2) is 0 Å². The Bertz CT molecular complexity index is 1510. The lowest BCUT2D eigenvalue weighted by Gasteiger charge is -2.29. The maximum Gasteiger partial charge on any atom is 0.333 e. The van der Waals surface area contributed by atoms with Crippen molar-refractivity contribution in [2.75, 3.05) is 0 Å². The summed E-state index contributed by atoms with van der Waals surface area (Å²) < 4.78 is 3.70. The Balaban J connectivity index is 1.17. The van der Waals surface area contributed by atoms with Gasteiger partial charge in [0.05, 0.1) is 39.2 Å². The van der Waals surface area contributed by atoms with Crippen molar-refractivity contribution < 1.29 is 4.79 Å². The van der Waals surface area contributed by atoms with Crippen LogP contribution in [0, 0.1) is 12.8 Å². The molecule has 1 amide bonds. The number of rotatable bonds is 6. The van der Waals surface area contributed by atoms with Crippen molar-refractivity contribution in [2.45, 2.75) is 64.0 Å². The number of nitrogens with zero attached hydrogens (tertiary/aromatic N) is 4. The van der Waals surface area contributed by atoms with Gasteiger partial charge in [0.2, 0.25) is 0 Å². The molecule has 2 fully saturated rings. The number of carbonyl (C=O) groups is 1. The smallest absolute Gasteiger partial charge is 0.333 e. The number of hydrogen-bond donors (Lipinski definition) is 1. The predicted octanol–water partition coefficient (Wildman–Crippen LogP) is 5.41. The molecule has 37 heavy (non-hydrogen) atoms. The molecule has 2 saturated carbocycles. The van der Waals surface area contributed by atoms with E-state index in [9.17, 15) is 9.59 Å². The normalized spacial score (nSPS) is 19.7. The van der Waals surface area contributed by atoms with Crippen molar-refractivity contribution in [1.29, 1.82) is 0 Å². The number of para-hydroxylation sites is 2. The molecule has 0 unspecified atom stereocenters. The quantitative estimate of drug-likeness (QED) is 0.372. The number of aryl methyl sites for hydroxylation is 1. The summed E-state index contributed by atoms with van der Waals surface area (Å²) in [5.41, 5.74) is 4.93. The molecule has 0 spiro atoms. The highest BCUT2D eigenvalue weighted by atomic mass is 35.5. The second kappa shape index (κ2) is 9.78. The SMILES string of the molecule is Cc1ncc(Cl)cc1C(=O)NC1CCC(Cn2c(=O)n(-c3ccc(C4CC4)nc3)c3ccccc32)CC1. The van der Waals surface area contributed by atoms with Crippen LogP contribution in [0.3, 0.4) is 0 Å². The molecule has 6 rings (SSSR count). The van der Waals surface area contributed by atoms with E-state index in [0.717, 1.165) is 48.1 Å². The van der Waals surface area contributed by atoms with E-state index in [1.165, 1.54) is 12.8 Å². The van der Waals surface area contributed by atoms with Gasteiger partial charge in [-0.25, -0.2) is 4.79 Å². The third-order valence-electron chi connectivity index (χ3n) is 7.78. The van der Waals surface area contributed by atoms with Crippen LogP contribution in [0.5, 0.6) is 0 Å². The first kappa shape index (κ1) is 23.9. The van der Waals surface area contributed by atoms with E-state index < -0.39 is 0 Å². The summed E-state index contributed by atoms with van der Waals surface area (Å²) in [5.74, 6) is 0.824. The van der Waals surface area contributed by atoms with Gasteiger partial charge >= 0.3 is 5.69 Å². The van der Waals surface area contributed by atoms with Gasteiger partial charge in [-0.2, -0.15) is 0 Å². The fourth-order valence-electron chi connectivity index (χ4n) is 5.53. The average molecular weight is 516 g/mol. The van der Waals surface area contributed by atoms with E-state index >= 15 is 0 Å². The highest BCUT2D eigenvalue weighted by Crippen LogP contribution is 2.39. The molecule has 0 bridgehead atoms. The lowest BCUT2D eigenvalue weighted by Crippen LogP contribution is -2.39. The molecular weight excluding hydrogens is 486 g/mol. The summed E-state index contributed by atoms with van der Waals surface area (Å²) in [6.45, 7) is 2.48. The van der Waals surface area contributed by atoms with E-state index in [2.05, 4.69) is 21.4 Å². The lowest BCUT2D eigenvalue weighted by atomic mass is 9.85. The van der Waals surface area contributed by atoms with Gasteiger partial charge in [-0.15, -0.1) is 0 Å². The maximum absolute atomic E-state index is 13.6. The summed E-state index contributed by atoms with van der Waals surface area (Å²) in [5, 5.41) is 3.61. The second-order valence-corrected chi connectivity index (χ2v) is 10.8. The predicted molar refractivity (Wildman–Crippen MR) is 145 cm³/mol. The van der Waals surface area contributed by atoms with Crippen LogP contribution in [0.4, 0.5) is 0 Å². The van der Waals surface area contributed by atoms with Gasteiger partial charge in [0.25, 0.3) is 5.91 Å². The Morgan fingerprint density at radius 2 is 1.76 bits per heavy atom. The summed E-state index contributed by atoms with van der Waals surface area (Å²) >= 11 is 6.04. The Morgan fingerprint density at radius 1 is 1.00 bits per heavy atom. The average Bonchev–Trinajstić information content (AvgIpc) is 3.72. The molecule has 8 heteroatoms. The van der Waals surface area contributed by atoms with Crippen molar-refractivity contribution in [1.82, 2.24) is 24.4 Å². The van der Waals surface area contributed by atoms with Crippen LogP contribution in [-0.4, -0.2) is 31.1 Å². The van der Waals surface area contributed by atoms with Crippen LogP contribution in [-0.2, 0) is 6.54 Å². The minimum atomic E-state index is -0.128. The topological polar surface area (TPSA) is 81.8 Å². The van der Waals surface area contributed by atoms with Crippen LogP contribution in [0.2, 0.25) is 5.02 Å². The third kappa shape index (κ3) is 4.80. The van der Waals surface area contributed by atoms with E-state index in [1.807, 2.05) is 48.0 Å². The first-order valence-electron chi connectivity index (χ1n) is 13.1. The lowest BCUT2D eigenvalue weighted by molar-refractivity contribution is 0.0919. The van der Waals surface area contributed by atoms with Gasteiger partial charge in [0, 0.05) is 30.4 Å². The fourth-order valence-corrected chi connectivity index (χ4v) is 5.69. The fraction of sp³-hybridized carbons (Fsp3) is 0.379. The monoisotopic (exact) mass is 515 g/mol. The molecule has 2 aliphatic rings. The molecule has 7 nitrogen and oxygen atoms in total. The zero-order valence-electron chi connectivity index (χ0n) is 20.9. The van der Waals surface area contributed by atoms with Gasteiger partial charge in [0.1, 0.15) is 0 Å². The number of aromatic nitrogens is 4. The molecule has 0 aliphatic heterocycles. The number of pyridine rings is 2. The van der Waals surface area contributed by atoms with Gasteiger partial charge < -0.3 is 5.32 Å². The van der Waals surface area contributed by atoms with Crippen LogP contribution in [0.25, 0.3) is 16.7 Å². The molecule has 190 valence electrons. The van der Waals surface area contributed by atoms with Crippen LogP contribution in [0.15, 0.2) is 59.7 Å². The molecule has 1 N–H and O–H groups in total. The number of fused-ring (bicyclic) bond motifs is 1. The highest BCUT2D eigenvalue weighted by molar-refractivity contribution is 6.30. The van der Waals surface area contributed by atoms with Crippen LogP contribution >= 0.6 is 11.6 Å². The Kier molecular flexibility index (Phi) is 6.32. The zero-order valence-corrected chi connectivity index (χ0v) is 21.6. The number of carbonyl (C=O) groups excluding carboxylic acids is 1. The Labute approximate surface area is 220 Å². The van der Waals surface area contributed by atoms with Gasteiger partial charge in [-0.05, 0) is 81.7 Å². The molecular formula is C29H30ClN5O2. The molecule has 0 atom stereocenters. The Morgan fingerprint density at radius 3 is 2.46 bits per heavy atom. The maximum atomic E-state index is 13.6. The highest BCUT2D eigenvalue weighted by Gasteiger charge is 2.27. The number of hydrogen-bond acceptors (Lipinski definition) is 4. The second-order valence-electron chi connectivity index (χ2n) is 10.4.